The quantitative estimate of drug-likeness (QED) is 0.733. The van der Waals surface area contributed by atoms with Gasteiger partial charge in [0, 0.05) is 19.0 Å². The van der Waals surface area contributed by atoms with Crippen LogP contribution in [0.1, 0.15) is 26.2 Å². The van der Waals surface area contributed by atoms with Gasteiger partial charge in [-0.2, -0.15) is 10.5 Å². The van der Waals surface area contributed by atoms with Gasteiger partial charge in [0.2, 0.25) is 10.0 Å². The molecule has 1 fully saturated rings. The van der Waals surface area contributed by atoms with Crippen molar-refractivity contribution in [1.29, 1.82) is 10.5 Å². The SMILES string of the molecule is CCC(C#N)S(=O)(=O)N1CCC(C#N)CC1. The monoisotopic (exact) mass is 241 g/mol. The molecule has 1 unspecified atom stereocenters. The first kappa shape index (κ1) is 13.0. The highest BCUT2D eigenvalue weighted by Crippen LogP contribution is 2.21. The second kappa shape index (κ2) is 5.29. The van der Waals surface area contributed by atoms with E-state index in [9.17, 15) is 8.42 Å². The van der Waals surface area contributed by atoms with Crippen molar-refractivity contribution in [2.24, 2.45) is 5.92 Å². The lowest BCUT2D eigenvalue weighted by atomic mass is 10.0. The first-order chi connectivity index (χ1) is 7.56. The zero-order chi connectivity index (χ0) is 12.2. The standard InChI is InChI=1S/C10H15N3O2S/c1-2-10(8-12)16(14,15)13-5-3-9(7-11)4-6-13/h9-10H,2-6H2,1H3. The van der Waals surface area contributed by atoms with Crippen LogP contribution in [0.25, 0.3) is 0 Å². The molecule has 0 saturated carbocycles. The topological polar surface area (TPSA) is 85.0 Å². The molecule has 16 heavy (non-hydrogen) atoms. The van der Waals surface area contributed by atoms with Crippen molar-refractivity contribution in [3.8, 4) is 12.1 Å². The summed E-state index contributed by atoms with van der Waals surface area (Å²) in [6, 6.07) is 3.97. The Hall–Kier alpha value is -1.11. The highest BCUT2D eigenvalue weighted by atomic mass is 32.2. The summed E-state index contributed by atoms with van der Waals surface area (Å²) in [4.78, 5) is 0. The van der Waals surface area contributed by atoms with Crippen molar-refractivity contribution < 1.29 is 8.42 Å². The minimum atomic E-state index is -3.49. The number of hydrogen-bond donors (Lipinski definition) is 0. The highest BCUT2D eigenvalue weighted by molar-refractivity contribution is 7.90. The second-order valence-corrected chi connectivity index (χ2v) is 5.99. The van der Waals surface area contributed by atoms with Gasteiger partial charge in [-0.3, -0.25) is 0 Å². The van der Waals surface area contributed by atoms with Crippen molar-refractivity contribution >= 4 is 10.0 Å². The lowest BCUT2D eigenvalue weighted by Crippen LogP contribution is -2.42. The lowest BCUT2D eigenvalue weighted by molar-refractivity contribution is 0.308. The van der Waals surface area contributed by atoms with E-state index in [0.717, 1.165) is 0 Å². The maximum absolute atomic E-state index is 12.0. The fraction of sp³-hybridized carbons (Fsp3) is 0.800. The summed E-state index contributed by atoms with van der Waals surface area (Å²) in [5.74, 6) is -0.0476. The van der Waals surface area contributed by atoms with Gasteiger partial charge in [0.25, 0.3) is 0 Å². The first-order valence-electron chi connectivity index (χ1n) is 5.34. The zero-order valence-electron chi connectivity index (χ0n) is 9.26. The van der Waals surface area contributed by atoms with Crippen LogP contribution in [0.2, 0.25) is 0 Å². The molecule has 1 aliphatic heterocycles. The first-order valence-corrected chi connectivity index (χ1v) is 6.84. The molecule has 0 aliphatic carbocycles. The molecule has 1 aliphatic rings. The van der Waals surface area contributed by atoms with Gasteiger partial charge in [-0.05, 0) is 19.3 Å². The fourth-order valence-corrected chi connectivity index (χ4v) is 3.42. The van der Waals surface area contributed by atoms with Gasteiger partial charge in [0.1, 0.15) is 0 Å². The molecule has 0 radical (unpaired) electrons. The maximum Gasteiger partial charge on any atom is 0.230 e. The van der Waals surface area contributed by atoms with Crippen molar-refractivity contribution in [2.75, 3.05) is 13.1 Å². The van der Waals surface area contributed by atoms with Gasteiger partial charge in [0.05, 0.1) is 12.1 Å². The zero-order valence-corrected chi connectivity index (χ0v) is 10.1. The molecular weight excluding hydrogens is 226 g/mol. The average Bonchev–Trinajstić information content (AvgIpc) is 2.30. The third-order valence-electron chi connectivity index (χ3n) is 2.87. The summed E-state index contributed by atoms with van der Waals surface area (Å²) >= 11 is 0. The molecule has 5 nitrogen and oxygen atoms in total. The van der Waals surface area contributed by atoms with E-state index in [1.807, 2.05) is 6.07 Å². The van der Waals surface area contributed by atoms with Crippen molar-refractivity contribution in [3.05, 3.63) is 0 Å². The summed E-state index contributed by atoms with van der Waals surface area (Å²) in [5.41, 5.74) is 0. The molecule has 0 amide bonds. The molecule has 0 aromatic heterocycles. The van der Waals surface area contributed by atoms with Gasteiger partial charge in [0.15, 0.2) is 5.25 Å². The molecule has 1 heterocycles. The van der Waals surface area contributed by atoms with Crippen LogP contribution in [0.5, 0.6) is 0 Å². The highest BCUT2D eigenvalue weighted by Gasteiger charge is 2.33. The van der Waals surface area contributed by atoms with E-state index in [-0.39, 0.29) is 5.92 Å². The van der Waals surface area contributed by atoms with E-state index in [0.29, 0.717) is 32.4 Å². The molecule has 88 valence electrons. The van der Waals surface area contributed by atoms with Crippen molar-refractivity contribution in [1.82, 2.24) is 4.31 Å². The third-order valence-corrected chi connectivity index (χ3v) is 5.11. The van der Waals surface area contributed by atoms with E-state index in [2.05, 4.69) is 6.07 Å². The van der Waals surface area contributed by atoms with Gasteiger partial charge < -0.3 is 0 Å². The van der Waals surface area contributed by atoms with Crippen molar-refractivity contribution in [3.63, 3.8) is 0 Å². The summed E-state index contributed by atoms with van der Waals surface area (Å²) in [5, 5.41) is 16.5. The molecule has 6 heteroatoms. The Morgan fingerprint density at radius 1 is 1.38 bits per heavy atom. The molecular formula is C10H15N3O2S. The Morgan fingerprint density at radius 3 is 2.31 bits per heavy atom. The average molecular weight is 241 g/mol. The summed E-state index contributed by atoms with van der Waals surface area (Å²) < 4.78 is 25.3. The van der Waals surface area contributed by atoms with Gasteiger partial charge in [-0.15, -0.1) is 0 Å². The minimum absolute atomic E-state index is 0.0476. The van der Waals surface area contributed by atoms with Gasteiger partial charge >= 0.3 is 0 Å². The number of nitriles is 2. The van der Waals surface area contributed by atoms with Crippen LogP contribution in [0.4, 0.5) is 0 Å². The maximum atomic E-state index is 12.0. The normalized spacial score (nSPS) is 20.9. The Bertz CT molecular complexity index is 410. The number of rotatable bonds is 3. The summed E-state index contributed by atoms with van der Waals surface area (Å²) in [6.07, 6.45) is 1.44. The molecule has 0 bridgehead atoms. The largest absolute Gasteiger partial charge is 0.230 e. The molecule has 1 saturated heterocycles. The van der Waals surface area contributed by atoms with E-state index in [4.69, 9.17) is 10.5 Å². The van der Waals surface area contributed by atoms with Crippen LogP contribution in [0, 0.1) is 28.6 Å². The van der Waals surface area contributed by atoms with E-state index in [1.54, 1.807) is 6.92 Å². The summed E-state index contributed by atoms with van der Waals surface area (Å²) in [7, 11) is -3.49. The Labute approximate surface area is 96.3 Å². The van der Waals surface area contributed by atoms with Crippen LogP contribution in [0.15, 0.2) is 0 Å². The van der Waals surface area contributed by atoms with E-state index >= 15 is 0 Å². The Morgan fingerprint density at radius 2 is 1.94 bits per heavy atom. The predicted octanol–water partition coefficient (Wildman–Crippen LogP) is 0.854. The van der Waals surface area contributed by atoms with Gasteiger partial charge in [-0.25, -0.2) is 12.7 Å². The molecule has 0 spiro atoms. The predicted molar refractivity (Wildman–Crippen MR) is 58.5 cm³/mol. The number of hydrogen-bond acceptors (Lipinski definition) is 4. The minimum Gasteiger partial charge on any atom is -0.211 e. The Kier molecular flexibility index (Phi) is 4.28. The molecule has 0 aromatic rings. The van der Waals surface area contributed by atoms with Crippen molar-refractivity contribution in [2.45, 2.75) is 31.4 Å². The molecule has 0 N–H and O–H groups in total. The van der Waals surface area contributed by atoms with Crippen LogP contribution in [-0.4, -0.2) is 31.1 Å². The third kappa shape index (κ3) is 2.52. The van der Waals surface area contributed by atoms with Gasteiger partial charge in [-0.1, -0.05) is 6.92 Å². The summed E-state index contributed by atoms with van der Waals surface area (Å²) in [6.45, 7) is 2.41. The molecule has 1 rings (SSSR count). The van der Waals surface area contributed by atoms with E-state index in [1.165, 1.54) is 4.31 Å². The smallest absolute Gasteiger partial charge is 0.211 e. The van der Waals surface area contributed by atoms with Crippen LogP contribution in [-0.2, 0) is 10.0 Å². The van der Waals surface area contributed by atoms with Crippen LogP contribution < -0.4 is 0 Å². The fourth-order valence-electron chi connectivity index (χ4n) is 1.79. The molecule has 1 atom stereocenters. The van der Waals surface area contributed by atoms with E-state index < -0.39 is 15.3 Å². The Balaban J connectivity index is 2.74. The number of piperidine rings is 1. The van der Waals surface area contributed by atoms with Crippen LogP contribution >= 0.6 is 0 Å². The lowest BCUT2D eigenvalue weighted by Gasteiger charge is -2.29. The number of nitrogens with zero attached hydrogens (tertiary/aromatic N) is 3. The second-order valence-electron chi connectivity index (χ2n) is 3.87. The number of sulfonamides is 1. The molecule has 0 aromatic carbocycles. The van der Waals surface area contributed by atoms with Crippen LogP contribution in [0.3, 0.4) is 0 Å².